The number of rotatable bonds is 5. The van der Waals surface area contributed by atoms with Crippen LogP contribution in [0, 0.1) is 0 Å². The summed E-state index contributed by atoms with van der Waals surface area (Å²) in [6.07, 6.45) is 3.85. The summed E-state index contributed by atoms with van der Waals surface area (Å²) in [5, 5.41) is 2.98. The van der Waals surface area contributed by atoms with Gasteiger partial charge in [-0.05, 0) is 38.5 Å². The molecule has 1 aliphatic rings. The Hall–Kier alpha value is 0.0700. The lowest BCUT2D eigenvalue weighted by atomic mass is 10.1. The van der Waals surface area contributed by atoms with E-state index in [2.05, 4.69) is 12.2 Å². The number of nitrogens with one attached hydrogen (secondary N) is 1. The predicted octanol–water partition coefficient (Wildman–Crippen LogP) is 1.55. The summed E-state index contributed by atoms with van der Waals surface area (Å²) in [6.45, 7) is 3.63. The van der Waals surface area contributed by atoms with Crippen molar-refractivity contribution < 1.29 is 4.79 Å². The van der Waals surface area contributed by atoms with Crippen LogP contribution in [0.5, 0.6) is 0 Å². The molecule has 1 rings (SSSR count). The predicted molar refractivity (Wildman–Crippen MR) is 68.6 cm³/mol. The van der Waals surface area contributed by atoms with Gasteiger partial charge < -0.3 is 11.1 Å². The van der Waals surface area contributed by atoms with E-state index in [0.29, 0.717) is 13.0 Å². The van der Waals surface area contributed by atoms with Crippen LogP contribution >= 0.6 is 24.2 Å². The van der Waals surface area contributed by atoms with Gasteiger partial charge in [0.15, 0.2) is 0 Å². The van der Waals surface area contributed by atoms with Gasteiger partial charge >= 0.3 is 0 Å². The number of hydrogen-bond donors (Lipinski definition) is 2. The average Bonchev–Trinajstić information content (AvgIpc) is 2.60. The highest BCUT2D eigenvalue weighted by Crippen LogP contribution is 2.36. The van der Waals surface area contributed by atoms with E-state index in [1.165, 1.54) is 18.6 Å². The molecule has 0 aromatic heterocycles. The lowest BCUT2D eigenvalue weighted by Crippen LogP contribution is -2.36. The van der Waals surface area contributed by atoms with E-state index in [0.717, 1.165) is 13.0 Å². The van der Waals surface area contributed by atoms with Gasteiger partial charge in [-0.3, -0.25) is 4.79 Å². The molecule has 3 N–H and O–H groups in total. The quantitative estimate of drug-likeness (QED) is 0.781. The third kappa shape index (κ3) is 5.64. The summed E-state index contributed by atoms with van der Waals surface area (Å²) in [5.74, 6) is 1.37. The highest BCUT2D eigenvalue weighted by atomic mass is 35.5. The zero-order valence-corrected chi connectivity index (χ0v) is 10.9. The van der Waals surface area contributed by atoms with Crippen LogP contribution in [-0.2, 0) is 4.79 Å². The number of amides is 1. The minimum atomic E-state index is 0. The highest BCUT2D eigenvalue weighted by molar-refractivity contribution is 8.00. The monoisotopic (exact) mass is 252 g/mol. The summed E-state index contributed by atoms with van der Waals surface area (Å²) in [6, 6.07) is 0. The smallest absolute Gasteiger partial charge is 0.220 e. The molecule has 1 unspecified atom stereocenters. The summed E-state index contributed by atoms with van der Waals surface area (Å²) >= 11 is 1.97. The van der Waals surface area contributed by atoms with Gasteiger partial charge in [-0.2, -0.15) is 11.8 Å². The first kappa shape index (κ1) is 15.1. The van der Waals surface area contributed by atoms with Crippen LogP contribution in [0.2, 0.25) is 0 Å². The average molecular weight is 253 g/mol. The molecule has 1 atom stereocenters. The van der Waals surface area contributed by atoms with E-state index in [9.17, 15) is 4.79 Å². The Balaban J connectivity index is 0.00000196. The maximum atomic E-state index is 11.3. The van der Waals surface area contributed by atoms with Crippen molar-refractivity contribution in [1.82, 2.24) is 5.32 Å². The van der Waals surface area contributed by atoms with Crippen molar-refractivity contribution in [3.8, 4) is 0 Å². The minimum Gasteiger partial charge on any atom is -0.355 e. The zero-order chi connectivity index (χ0) is 10.4. The first-order valence-corrected chi connectivity index (χ1v) is 6.25. The van der Waals surface area contributed by atoms with E-state index < -0.39 is 0 Å². The standard InChI is InChI=1S/C10H20N2OS.ClH/c1-10(5-3-7-14-10)8-12-9(13)4-2-6-11;/h2-8,11H2,1H3,(H,12,13);1H. The van der Waals surface area contributed by atoms with Crippen molar-refractivity contribution in [1.29, 1.82) is 0 Å². The molecular weight excluding hydrogens is 232 g/mol. The SMILES string of the molecule is CC1(CNC(=O)CCCN)CCCS1.Cl. The van der Waals surface area contributed by atoms with Gasteiger partial charge in [-0.15, -0.1) is 12.4 Å². The topological polar surface area (TPSA) is 55.1 Å². The fourth-order valence-corrected chi connectivity index (χ4v) is 2.86. The maximum absolute atomic E-state index is 11.3. The Morgan fingerprint density at radius 1 is 1.60 bits per heavy atom. The molecule has 0 radical (unpaired) electrons. The Bertz CT molecular complexity index is 196. The zero-order valence-electron chi connectivity index (χ0n) is 9.25. The molecule has 1 heterocycles. The number of halogens is 1. The van der Waals surface area contributed by atoms with Gasteiger partial charge in [0.1, 0.15) is 0 Å². The number of hydrogen-bond acceptors (Lipinski definition) is 3. The van der Waals surface area contributed by atoms with Crippen LogP contribution in [0.25, 0.3) is 0 Å². The Labute approximate surface area is 102 Å². The van der Waals surface area contributed by atoms with Crippen molar-refractivity contribution in [2.75, 3.05) is 18.8 Å². The molecular formula is C10H21ClN2OS. The number of carbonyl (C=O) groups is 1. The molecule has 0 aliphatic carbocycles. The van der Waals surface area contributed by atoms with Gasteiger partial charge in [0.2, 0.25) is 5.91 Å². The molecule has 90 valence electrons. The van der Waals surface area contributed by atoms with E-state index >= 15 is 0 Å². The Kier molecular flexibility index (Phi) is 7.40. The van der Waals surface area contributed by atoms with Gasteiger partial charge in [0.25, 0.3) is 0 Å². The third-order valence-corrected chi connectivity index (χ3v) is 4.11. The molecule has 1 saturated heterocycles. The second-order valence-corrected chi connectivity index (χ2v) is 5.75. The van der Waals surface area contributed by atoms with E-state index in [4.69, 9.17) is 5.73 Å². The lowest BCUT2D eigenvalue weighted by Gasteiger charge is -2.22. The van der Waals surface area contributed by atoms with Crippen molar-refractivity contribution in [2.45, 2.75) is 37.4 Å². The molecule has 0 aromatic carbocycles. The highest BCUT2D eigenvalue weighted by Gasteiger charge is 2.29. The van der Waals surface area contributed by atoms with Gasteiger partial charge in [-0.25, -0.2) is 0 Å². The summed E-state index contributed by atoms with van der Waals surface area (Å²) in [5.41, 5.74) is 5.34. The van der Waals surface area contributed by atoms with Crippen LogP contribution in [0.4, 0.5) is 0 Å². The minimum absolute atomic E-state index is 0. The van der Waals surface area contributed by atoms with Crippen LogP contribution in [0.15, 0.2) is 0 Å². The third-order valence-electron chi connectivity index (χ3n) is 2.57. The molecule has 5 heteroatoms. The number of carbonyl (C=O) groups excluding carboxylic acids is 1. The summed E-state index contributed by atoms with van der Waals surface area (Å²) in [4.78, 5) is 11.3. The molecule has 3 nitrogen and oxygen atoms in total. The van der Waals surface area contributed by atoms with Crippen LogP contribution in [0.1, 0.15) is 32.6 Å². The second kappa shape index (κ2) is 7.36. The molecule has 0 spiro atoms. The van der Waals surface area contributed by atoms with Crippen molar-refractivity contribution >= 4 is 30.1 Å². The molecule has 0 bridgehead atoms. The maximum Gasteiger partial charge on any atom is 0.220 e. The molecule has 0 aromatic rings. The first-order valence-electron chi connectivity index (χ1n) is 5.27. The number of nitrogens with two attached hydrogens (primary N) is 1. The summed E-state index contributed by atoms with van der Waals surface area (Å²) in [7, 11) is 0. The van der Waals surface area contributed by atoms with E-state index in [-0.39, 0.29) is 23.1 Å². The number of thioether (sulfide) groups is 1. The first-order chi connectivity index (χ1) is 6.66. The van der Waals surface area contributed by atoms with E-state index in [1.54, 1.807) is 0 Å². The molecule has 1 fully saturated rings. The van der Waals surface area contributed by atoms with Gasteiger partial charge in [0, 0.05) is 17.7 Å². The van der Waals surface area contributed by atoms with Crippen molar-refractivity contribution in [2.24, 2.45) is 5.73 Å². The molecule has 1 aliphatic heterocycles. The second-order valence-electron chi connectivity index (χ2n) is 4.07. The van der Waals surface area contributed by atoms with Crippen LogP contribution in [-0.4, -0.2) is 29.5 Å². The van der Waals surface area contributed by atoms with Crippen LogP contribution < -0.4 is 11.1 Å². The largest absolute Gasteiger partial charge is 0.355 e. The molecule has 15 heavy (non-hydrogen) atoms. The Morgan fingerprint density at radius 3 is 2.87 bits per heavy atom. The van der Waals surface area contributed by atoms with Crippen LogP contribution in [0.3, 0.4) is 0 Å². The normalized spacial score (nSPS) is 24.7. The molecule has 0 saturated carbocycles. The fourth-order valence-electron chi connectivity index (χ4n) is 1.61. The summed E-state index contributed by atoms with van der Waals surface area (Å²) < 4.78 is 0.276. The lowest BCUT2D eigenvalue weighted by molar-refractivity contribution is -0.121. The van der Waals surface area contributed by atoms with Crippen molar-refractivity contribution in [3.05, 3.63) is 0 Å². The van der Waals surface area contributed by atoms with Gasteiger partial charge in [-0.1, -0.05) is 0 Å². The van der Waals surface area contributed by atoms with Gasteiger partial charge in [0.05, 0.1) is 0 Å². The van der Waals surface area contributed by atoms with Crippen molar-refractivity contribution in [3.63, 3.8) is 0 Å². The fraction of sp³-hybridized carbons (Fsp3) is 0.900. The van der Waals surface area contributed by atoms with E-state index in [1.807, 2.05) is 11.8 Å². The molecule has 1 amide bonds. The Morgan fingerprint density at radius 2 is 2.33 bits per heavy atom.